The van der Waals surface area contributed by atoms with Gasteiger partial charge in [0.05, 0.1) is 0 Å². The largest absolute Gasteiger partial charge is 0.483 e. The molecular weight excluding hydrogens is 454 g/mol. The molecule has 7 heteroatoms. The number of allylic oxidation sites excluding steroid dienone is 1. The number of fused-ring (bicyclic) bond motifs is 10. The number of carbonyl (C=O) groups is 3. The first-order valence-electron chi connectivity index (χ1n) is 12.3. The molecule has 36 heavy (non-hydrogen) atoms. The van der Waals surface area contributed by atoms with Crippen LogP contribution in [0.15, 0.2) is 72.9 Å². The Bertz CT molecular complexity index is 1090. The molecule has 190 valence electrons. The van der Waals surface area contributed by atoms with Crippen LogP contribution < -0.4 is 20.7 Å². The van der Waals surface area contributed by atoms with Crippen LogP contribution in [-0.2, 0) is 14.4 Å². The van der Waals surface area contributed by atoms with Crippen LogP contribution >= 0.6 is 0 Å². The minimum absolute atomic E-state index is 0.152. The average Bonchev–Trinajstić information content (AvgIpc) is 2.85. The molecule has 0 saturated carbocycles. The molecule has 3 amide bonds. The molecule has 2 aromatic rings. The Kier molecular flexibility index (Phi) is 9.45. The molecule has 3 N–H and O–H groups in total. The average molecular weight is 490 g/mol. The zero-order chi connectivity index (χ0) is 26.1. The number of rotatable bonds is 6. The standard InChI is InChI=1S/C29H35N3O4/c1-19(2)10-15-25(33)32-26-27(22-8-6-5-7-9-22)36-23-13-11-21(12-14-23)16-17-30-28(34)24(18-20(3)4)31-29(26)35/h5-17,19-20,24,26-27H,18H2,1-4H3,(H,30,34)(H,31,35)(H,32,33)/b15-10+,17-16-/t24-,26+,27+/m0/s1. The number of amides is 3. The lowest BCUT2D eigenvalue weighted by molar-refractivity contribution is -0.133. The second-order valence-corrected chi connectivity index (χ2v) is 9.64. The fourth-order valence-electron chi connectivity index (χ4n) is 3.82. The SMILES string of the molecule is CC(C)/C=C/C(=O)N[C@H]1C(=O)N[C@@H](CC(C)C)C(=O)N/C=C\c2ccc(cc2)O[C@@H]1c1ccccc1. The summed E-state index contributed by atoms with van der Waals surface area (Å²) in [5.41, 5.74) is 1.59. The monoisotopic (exact) mass is 489 g/mol. The molecule has 2 bridgehead atoms. The molecule has 2 heterocycles. The summed E-state index contributed by atoms with van der Waals surface area (Å²) in [6.45, 7) is 7.88. The number of carbonyl (C=O) groups excluding carboxylic acids is 3. The highest BCUT2D eigenvalue weighted by atomic mass is 16.5. The van der Waals surface area contributed by atoms with Crippen molar-refractivity contribution in [3.63, 3.8) is 0 Å². The van der Waals surface area contributed by atoms with E-state index in [1.807, 2.05) is 70.2 Å². The first kappa shape index (κ1) is 26.7. The van der Waals surface area contributed by atoms with E-state index in [0.29, 0.717) is 17.7 Å². The maximum absolute atomic E-state index is 13.7. The summed E-state index contributed by atoms with van der Waals surface area (Å²) >= 11 is 0. The third kappa shape index (κ3) is 7.83. The Morgan fingerprint density at radius 2 is 1.69 bits per heavy atom. The number of nitrogens with one attached hydrogen (secondary N) is 3. The third-order valence-electron chi connectivity index (χ3n) is 5.63. The minimum Gasteiger partial charge on any atom is -0.483 e. The first-order chi connectivity index (χ1) is 17.2. The van der Waals surface area contributed by atoms with Crippen molar-refractivity contribution in [2.24, 2.45) is 11.8 Å². The van der Waals surface area contributed by atoms with Crippen molar-refractivity contribution in [2.45, 2.75) is 52.3 Å². The van der Waals surface area contributed by atoms with Crippen molar-refractivity contribution in [1.29, 1.82) is 0 Å². The van der Waals surface area contributed by atoms with Gasteiger partial charge in [-0.15, -0.1) is 0 Å². The van der Waals surface area contributed by atoms with E-state index in [0.717, 1.165) is 5.56 Å². The van der Waals surface area contributed by atoms with E-state index < -0.39 is 30.0 Å². The third-order valence-corrected chi connectivity index (χ3v) is 5.63. The van der Waals surface area contributed by atoms with E-state index in [-0.39, 0.29) is 17.7 Å². The van der Waals surface area contributed by atoms with Gasteiger partial charge in [0.2, 0.25) is 17.7 Å². The molecular formula is C29H35N3O4. The van der Waals surface area contributed by atoms with Crippen LogP contribution in [0.3, 0.4) is 0 Å². The van der Waals surface area contributed by atoms with Crippen molar-refractivity contribution < 1.29 is 19.1 Å². The van der Waals surface area contributed by atoms with Crippen molar-refractivity contribution in [3.05, 3.63) is 84.1 Å². The second kappa shape index (κ2) is 12.7. The summed E-state index contributed by atoms with van der Waals surface area (Å²) in [4.78, 5) is 39.5. The fourth-order valence-corrected chi connectivity index (χ4v) is 3.82. The Morgan fingerprint density at radius 1 is 1.00 bits per heavy atom. The molecule has 0 aliphatic carbocycles. The van der Waals surface area contributed by atoms with Crippen LogP contribution in [0, 0.1) is 11.8 Å². The lowest BCUT2D eigenvalue weighted by Crippen LogP contribution is -2.56. The van der Waals surface area contributed by atoms with Gasteiger partial charge in [0.1, 0.15) is 17.8 Å². The van der Waals surface area contributed by atoms with E-state index in [9.17, 15) is 14.4 Å². The highest BCUT2D eigenvalue weighted by Crippen LogP contribution is 2.26. The van der Waals surface area contributed by atoms with Crippen molar-refractivity contribution >= 4 is 23.8 Å². The van der Waals surface area contributed by atoms with E-state index in [4.69, 9.17) is 4.74 Å². The van der Waals surface area contributed by atoms with Gasteiger partial charge in [0.15, 0.2) is 6.10 Å². The van der Waals surface area contributed by atoms with Crippen LogP contribution in [0.2, 0.25) is 0 Å². The predicted octanol–water partition coefficient (Wildman–Crippen LogP) is 4.14. The summed E-state index contributed by atoms with van der Waals surface area (Å²) in [6.07, 6.45) is 6.11. The molecule has 0 radical (unpaired) electrons. The highest BCUT2D eigenvalue weighted by Gasteiger charge is 2.35. The zero-order valence-corrected chi connectivity index (χ0v) is 21.2. The number of hydrogen-bond donors (Lipinski definition) is 3. The van der Waals surface area contributed by atoms with E-state index in [1.165, 1.54) is 6.08 Å². The molecule has 0 unspecified atom stereocenters. The lowest BCUT2D eigenvalue weighted by Gasteiger charge is -2.30. The molecule has 3 atom stereocenters. The topological polar surface area (TPSA) is 96.5 Å². The maximum Gasteiger partial charge on any atom is 0.247 e. The summed E-state index contributed by atoms with van der Waals surface area (Å²) < 4.78 is 6.33. The zero-order valence-electron chi connectivity index (χ0n) is 21.2. The Labute approximate surface area is 213 Å². The van der Waals surface area contributed by atoms with Crippen molar-refractivity contribution in [1.82, 2.24) is 16.0 Å². The molecule has 0 aromatic heterocycles. The van der Waals surface area contributed by atoms with E-state index in [1.54, 1.807) is 30.5 Å². The van der Waals surface area contributed by atoms with Crippen LogP contribution in [0.5, 0.6) is 5.75 Å². The first-order valence-corrected chi connectivity index (χ1v) is 12.3. The Balaban J connectivity index is 2.07. The van der Waals surface area contributed by atoms with Crippen LogP contribution in [0.25, 0.3) is 6.08 Å². The van der Waals surface area contributed by atoms with Gasteiger partial charge in [-0.25, -0.2) is 0 Å². The second-order valence-electron chi connectivity index (χ2n) is 9.64. The molecule has 0 fully saturated rings. The van der Waals surface area contributed by atoms with Crippen molar-refractivity contribution in [2.75, 3.05) is 0 Å². The molecule has 0 saturated heterocycles. The normalized spacial score (nSPS) is 21.6. The van der Waals surface area contributed by atoms with Gasteiger partial charge in [-0.3, -0.25) is 14.4 Å². The van der Waals surface area contributed by atoms with Gasteiger partial charge in [0.25, 0.3) is 0 Å². The Hall–Kier alpha value is -3.87. The fraction of sp³-hybridized carbons (Fsp3) is 0.345. The Morgan fingerprint density at radius 3 is 2.33 bits per heavy atom. The van der Waals surface area contributed by atoms with Gasteiger partial charge in [-0.2, -0.15) is 0 Å². The summed E-state index contributed by atoms with van der Waals surface area (Å²) in [5.74, 6) is -0.389. The lowest BCUT2D eigenvalue weighted by atomic mass is 9.98. The van der Waals surface area contributed by atoms with Gasteiger partial charge < -0.3 is 20.7 Å². The molecule has 2 aliphatic rings. The number of hydrogen-bond acceptors (Lipinski definition) is 4. The molecule has 2 aromatic carbocycles. The molecule has 4 rings (SSSR count). The summed E-state index contributed by atoms with van der Waals surface area (Å²) in [6, 6.07) is 14.7. The summed E-state index contributed by atoms with van der Waals surface area (Å²) in [5, 5.41) is 8.45. The van der Waals surface area contributed by atoms with Crippen LogP contribution in [0.1, 0.15) is 51.3 Å². The highest BCUT2D eigenvalue weighted by molar-refractivity contribution is 5.95. The molecule has 0 spiro atoms. The minimum atomic E-state index is -1.10. The quantitative estimate of drug-likeness (QED) is 0.532. The molecule has 7 nitrogen and oxygen atoms in total. The van der Waals surface area contributed by atoms with E-state index >= 15 is 0 Å². The number of benzene rings is 2. The van der Waals surface area contributed by atoms with Gasteiger partial charge in [-0.05, 0) is 53.7 Å². The summed E-state index contributed by atoms with van der Waals surface area (Å²) in [7, 11) is 0. The smallest absolute Gasteiger partial charge is 0.247 e. The van der Waals surface area contributed by atoms with Gasteiger partial charge in [0, 0.05) is 6.20 Å². The van der Waals surface area contributed by atoms with Crippen LogP contribution in [-0.4, -0.2) is 29.8 Å². The predicted molar refractivity (Wildman–Crippen MR) is 141 cm³/mol. The van der Waals surface area contributed by atoms with Crippen molar-refractivity contribution in [3.8, 4) is 5.75 Å². The van der Waals surface area contributed by atoms with Crippen LogP contribution in [0.4, 0.5) is 0 Å². The van der Waals surface area contributed by atoms with E-state index in [2.05, 4.69) is 16.0 Å². The maximum atomic E-state index is 13.7. The number of ether oxygens (including phenoxy) is 1. The van der Waals surface area contributed by atoms with Gasteiger partial charge >= 0.3 is 0 Å². The molecule has 2 aliphatic heterocycles. The van der Waals surface area contributed by atoms with Gasteiger partial charge in [-0.1, -0.05) is 76.2 Å².